The first-order valence-electron chi connectivity index (χ1n) is 9.43. The number of hydrogen-bond donors (Lipinski definition) is 0. The number of allylic oxidation sites excluding steroid dienone is 1. The Morgan fingerprint density at radius 2 is 1.27 bits per heavy atom. The lowest BCUT2D eigenvalue weighted by Gasteiger charge is -2.32. The van der Waals surface area contributed by atoms with Crippen LogP contribution in [0.1, 0.15) is 69.2 Å². The van der Waals surface area contributed by atoms with E-state index in [1.165, 1.54) is 0 Å². The third kappa shape index (κ3) is 4.24. The average Bonchev–Trinajstić information content (AvgIpc) is 2.78. The van der Waals surface area contributed by atoms with E-state index in [9.17, 15) is 0 Å². The van der Waals surface area contributed by atoms with E-state index < -0.39 is 18.5 Å². The Labute approximate surface area is 159 Å². The zero-order valence-electron chi connectivity index (χ0n) is 18.0. The molecule has 1 unspecified atom stereocenters. The van der Waals surface area contributed by atoms with Gasteiger partial charge >= 0.3 is 14.4 Å². The standard InChI is InChI=1S/C18H34B2O6/c1-11-21-14(22-20-25-17(7,8)18(9,10)26-20)12-13(2)19-23-15(3,4)16(5,6)24-19/h12-13H,11H2,1-10H3/b14-12-. The van der Waals surface area contributed by atoms with Crippen molar-refractivity contribution in [3.63, 3.8) is 0 Å². The Hall–Kier alpha value is -0.690. The second-order valence-electron chi connectivity index (χ2n) is 9.07. The lowest BCUT2D eigenvalue weighted by Crippen LogP contribution is -2.41. The molecule has 2 aliphatic heterocycles. The highest BCUT2D eigenvalue weighted by Crippen LogP contribution is 2.41. The lowest BCUT2D eigenvalue weighted by molar-refractivity contribution is 0.00578. The summed E-state index contributed by atoms with van der Waals surface area (Å²) in [6, 6.07) is 0. The second-order valence-corrected chi connectivity index (χ2v) is 9.07. The van der Waals surface area contributed by atoms with Crippen LogP contribution in [-0.2, 0) is 28.0 Å². The van der Waals surface area contributed by atoms with Crippen molar-refractivity contribution in [3.05, 3.63) is 12.0 Å². The minimum atomic E-state index is -0.816. The summed E-state index contributed by atoms with van der Waals surface area (Å²) in [7, 11) is -1.19. The molecule has 2 saturated heterocycles. The highest BCUT2D eigenvalue weighted by molar-refractivity contribution is 6.48. The van der Waals surface area contributed by atoms with Crippen molar-refractivity contribution < 1.29 is 28.0 Å². The van der Waals surface area contributed by atoms with Gasteiger partial charge in [0.05, 0.1) is 29.0 Å². The summed E-state index contributed by atoms with van der Waals surface area (Å²) in [6.45, 7) is 20.4. The van der Waals surface area contributed by atoms with Crippen molar-refractivity contribution in [2.24, 2.45) is 0 Å². The van der Waals surface area contributed by atoms with Gasteiger partial charge in [-0.3, -0.25) is 0 Å². The molecular formula is C18H34B2O6. The van der Waals surface area contributed by atoms with Gasteiger partial charge in [-0.05, 0) is 68.4 Å². The summed E-state index contributed by atoms with van der Waals surface area (Å²) in [6.07, 6.45) is 1.86. The zero-order chi connectivity index (χ0) is 20.0. The van der Waals surface area contributed by atoms with Crippen molar-refractivity contribution in [1.29, 1.82) is 0 Å². The van der Waals surface area contributed by atoms with Gasteiger partial charge in [0.15, 0.2) is 0 Å². The molecule has 26 heavy (non-hydrogen) atoms. The van der Waals surface area contributed by atoms with Crippen LogP contribution in [0, 0.1) is 0 Å². The first kappa shape index (κ1) is 21.6. The summed E-state index contributed by atoms with van der Waals surface area (Å²) in [4.78, 5) is 0. The molecule has 2 heterocycles. The highest BCUT2D eigenvalue weighted by Gasteiger charge is 2.55. The average molecular weight is 368 g/mol. The molecule has 0 saturated carbocycles. The molecule has 1 atom stereocenters. The molecule has 6 nitrogen and oxygen atoms in total. The molecule has 0 radical (unpaired) electrons. The predicted octanol–water partition coefficient (Wildman–Crippen LogP) is 3.95. The minimum Gasteiger partial charge on any atom is -0.485 e. The van der Waals surface area contributed by atoms with E-state index in [-0.39, 0.29) is 24.1 Å². The molecule has 0 aromatic carbocycles. The van der Waals surface area contributed by atoms with Crippen LogP contribution >= 0.6 is 0 Å². The summed E-state index contributed by atoms with van der Waals surface area (Å²) in [5.74, 6) is 0.285. The predicted molar refractivity (Wildman–Crippen MR) is 102 cm³/mol. The van der Waals surface area contributed by atoms with E-state index in [4.69, 9.17) is 28.0 Å². The van der Waals surface area contributed by atoms with Crippen LogP contribution < -0.4 is 0 Å². The number of hydrogen-bond acceptors (Lipinski definition) is 6. The van der Waals surface area contributed by atoms with E-state index in [0.29, 0.717) is 12.6 Å². The van der Waals surface area contributed by atoms with E-state index in [1.54, 1.807) is 0 Å². The van der Waals surface area contributed by atoms with E-state index in [0.717, 1.165) is 0 Å². The molecule has 0 aliphatic carbocycles. The van der Waals surface area contributed by atoms with Crippen LogP contribution in [0.4, 0.5) is 0 Å². The smallest absolute Gasteiger partial charge is 0.485 e. The molecule has 0 aromatic heterocycles. The molecule has 2 aliphatic rings. The quantitative estimate of drug-likeness (QED) is 0.523. The van der Waals surface area contributed by atoms with Crippen molar-refractivity contribution in [2.75, 3.05) is 6.61 Å². The Morgan fingerprint density at radius 3 is 1.69 bits per heavy atom. The first-order chi connectivity index (χ1) is 11.7. The van der Waals surface area contributed by atoms with Gasteiger partial charge < -0.3 is 28.0 Å². The van der Waals surface area contributed by atoms with Crippen molar-refractivity contribution in [2.45, 2.75) is 97.5 Å². The third-order valence-electron chi connectivity index (χ3n) is 5.83. The molecule has 8 heteroatoms. The summed E-state index contributed by atoms with van der Waals surface area (Å²) in [5.41, 5.74) is -1.69. The number of ether oxygens (including phenoxy) is 1. The topological polar surface area (TPSA) is 55.4 Å². The monoisotopic (exact) mass is 368 g/mol. The Bertz CT molecular complexity index is 512. The normalized spacial score (nSPS) is 27.5. The lowest BCUT2D eigenvalue weighted by atomic mass is 9.73. The maximum atomic E-state index is 6.10. The van der Waals surface area contributed by atoms with Crippen LogP contribution in [0.15, 0.2) is 12.0 Å². The first-order valence-corrected chi connectivity index (χ1v) is 9.43. The van der Waals surface area contributed by atoms with Gasteiger partial charge in [0.2, 0.25) is 0 Å². The van der Waals surface area contributed by atoms with Crippen molar-refractivity contribution >= 4 is 14.4 Å². The highest BCUT2D eigenvalue weighted by atomic mass is 16.8. The summed E-state index contributed by atoms with van der Waals surface area (Å²) >= 11 is 0. The molecule has 0 spiro atoms. The Kier molecular flexibility index (Phi) is 5.85. The van der Waals surface area contributed by atoms with E-state index in [1.807, 2.05) is 75.3 Å². The van der Waals surface area contributed by atoms with Crippen LogP contribution in [0.25, 0.3) is 0 Å². The molecule has 0 N–H and O–H groups in total. The van der Waals surface area contributed by atoms with Gasteiger partial charge in [-0.2, -0.15) is 0 Å². The molecule has 2 rings (SSSR count). The van der Waals surface area contributed by atoms with Gasteiger partial charge in [-0.15, -0.1) is 0 Å². The van der Waals surface area contributed by atoms with Crippen molar-refractivity contribution in [1.82, 2.24) is 0 Å². The van der Waals surface area contributed by atoms with Crippen LogP contribution in [0.2, 0.25) is 5.82 Å². The Balaban J connectivity index is 2.08. The molecule has 2 fully saturated rings. The van der Waals surface area contributed by atoms with Gasteiger partial charge in [-0.1, -0.05) is 6.92 Å². The van der Waals surface area contributed by atoms with Crippen molar-refractivity contribution in [3.8, 4) is 0 Å². The Morgan fingerprint density at radius 1 is 0.846 bits per heavy atom. The molecule has 0 amide bonds. The zero-order valence-corrected chi connectivity index (χ0v) is 18.0. The second kappa shape index (κ2) is 7.04. The van der Waals surface area contributed by atoms with Crippen LogP contribution in [-0.4, -0.2) is 43.5 Å². The molecule has 148 valence electrons. The minimum absolute atomic E-state index is 0.0694. The fourth-order valence-electron chi connectivity index (χ4n) is 2.59. The van der Waals surface area contributed by atoms with Crippen LogP contribution in [0.3, 0.4) is 0 Å². The van der Waals surface area contributed by atoms with Gasteiger partial charge in [0.1, 0.15) is 0 Å². The summed E-state index contributed by atoms with van der Waals surface area (Å²) < 4.78 is 35.5. The van der Waals surface area contributed by atoms with Gasteiger partial charge in [0.25, 0.3) is 5.95 Å². The van der Waals surface area contributed by atoms with E-state index in [2.05, 4.69) is 0 Å². The largest absolute Gasteiger partial charge is 0.716 e. The third-order valence-corrected chi connectivity index (χ3v) is 5.83. The molecule has 0 aromatic rings. The van der Waals surface area contributed by atoms with Gasteiger partial charge in [0, 0.05) is 5.82 Å². The van der Waals surface area contributed by atoms with E-state index >= 15 is 0 Å². The summed E-state index contributed by atoms with van der Waals surface area (Å²) in [5, 5.41) is 0. The SMILES string of the molecule is CCO/C(=C/C(C)B1OC(C)(C)C(C)(C)O1)OB1OC(C)(C)C(C)(C)O1. The van der Waals surface area contributed by atoms with Crippen LogP contribution in [0.5, 0.6) is 0 Å². The fourth-order valence-corrected chi connectivity index (χ4v) is 2.59. The number of rotatable bonds is 6. The fraction of sp³-hybridized carbons (Fsp3) is 0.889. The van der Waals surface area contributed by atoms with Gasteiger partial charge in [-0.25, -0.2) is 0 Å². The molecule has 0 bridgehead atoms. The maximum absolute atomic E-state index is 6.10. The maximum Gasteiger partial charge on any atom is 0.716 e. The molecular weight excluding hydrogens is 334 g/mol.